The molecule has 0 amide bonds. The van der Waals surface area contributed by atoms with Crippen molar-refractivity contribution < 1.29 is 0 Å². The number of rotatable bonds is 6. The molecule has 1 saturated heterocycles. The zero-order valence-electron chi connectivity index (χ0n) is 13.0. The van der Waals surface area contributed by atoms with Crippen LogP contribution in [0.15, 0.2) is 24.3 Å². The van der Waals surface area contributed by atoms with Gasteiger partial charge < -0.3 is 15.5 Å². The fraction of sp³-hybridized carbons (Fsp3) is 0.647. The van der Waals surface area contributed by atoms with Crippen LogP contribution in [-0.2, 0) is 0 Å². The number of benzene rings is 1. The van der Waals surface area contributed by atoms with Gasteiger partial charge in [0.15, 0.2) is 0 Å². The summed E-state index contributed by atoms with van der Waals surface area (Å²) in [5, 5.41) is 0. The van der Waals surface area contributed by atoms with Crippen LogP contribution in [0.5, 0.6) is 0 Å². The quantitative estimate of drug-likeness (QED) is 0.865. The van der Waals surface area contributed by atoms with Gasteiger partial charge in [0.05, 0.1) is 0 Å². The van der Waals surface area contributed by atoms with Crippen LogP contribution in [0.2, 0.25) is 0 Å². The predicted molar refractivity (Wildman–Crippen MR) is 85.9 cm³/mol. The van der Waals surface area contributed by atoms with Gasteiger partial charge >= 0.3 is 0 Å². The van der Waals surface area contributed by atoms with E-state index in [0.717, 1.165) is 13.0 Å². The number of piperazine rings is 1. The van der Waals surface area contributed by atoms with Crippen molar-refractivity contribution in [3.63, 3.8) is 0 Å². The third-order valence-corrected chi connectivity index (χ3v) is 4.27. The van der Waals surface area contributed by atoms with E-state index in [1.54, 1.807) is 0 Å². The van der Waals surface area contributed by atoms with Crippen LogP contribution in [-0.4, -0.2) is 49.1 Å². The Morgan fingerprint density at radius 3 is 2.10 bits per heavy atom. The molecule has 1 atom stereocenters. The summed E-state index contributed by atoms with van der Waals surface area (Å²) >= 11 is 0. The summed E-state index contributed by atoms with van der Waals surface area (Å²) in [6, 6.07) is 8.81. The van der Waals surface area contributed by atoms with E-state index < -0.39 is 0 Å². The van der Waals surface area contributed by atoms with Crippen LogP contribution < -0.4 is 5.73 Å². The lowest BCUT2D eigenvalue weighted by Crippen LogP contribution is -2.47. The predicted octanol–water partition coefficient (Wildman–Crippen LogP) is 2.41. The number of hydrogen-bond donors (Lipinski definition) is 1. The van der Waals surface area contributed by atoms with Crippen molar-refractivity contribution in [2.45, 2.75) is 32.7 Å². The van der Waals surface area contributed by atoms with E-state index in [4.69, 9.17) is 5.73 Å². The van der Waals surface area contributed by atoms with Crippen LogP contribution in [0.1, 0.15) is 36.9 Å². The summed E-state index contributed by atoms with van der Waals surface area (Å²) in [6.45, 7) is 11.6. The van der Waals surface area contributed by atoms with Crippen molar-refractivity contribution in [3.05, 3.63) is 35.4 Å². The van der Waals surface area contributed by atoms with E-state index in [0.29, 0.717) is 0 Å². The van der Waals surface area contributed by atoms with Gasteiger partial charge in [-0.05, 0) is 31.9 Å². The van der Waals surface area contributed by atoms with Gasteiger partial charge in [-0.15, -0.1) is 0 Å². The molecular formula is C17H29N3. The lowest BCUT2D eigenvalue weighted by molar-refractivity contribution is 0.130. The van der Waals surface area contributed by atoms with Crippen molar-refractivity contribution >= 4 is 0 Å². The standard InChI is InChI=1S/C17H29N3/c1-3-9-19-11-13-20(14-12-19)10-8-17(18)16-6-4-15(2)5-7-16/h4-7,17H,3,8-14,18H2,1-2H3. The van der Waals surface area contributed by atoms with E-state index >= 15 is 0 Å². The lowest BCUT2D eigenvalue weighted by atomic mass is 10.0. The van der Waals surface area contributed by atoms with Gasteiger partial charge in [0.2, 0.25) is 0 Å². The van der Waals surface area contributed by atoms with Gasteiger partial charge in [0.25, 0.3) is 0 Å². The number of hydrogen-bond acceptors (Lipinski definition) is 3. The minimum atomic E-state index is 0.171. The Morgan fingerprint density at radius 1 is 1.00 bits per heavy atom. The maximum Gasteiger partial charge on any atom is 0.0307 e. The molecule has 0 saturated carbocycles. The molecule has 0 bridgehead atoms. The molecule has 1 aliphatic rings. The minimum absolute atomic E-state index is 0.171. The summed E-state index contributed by atoms with van der Waals surface area (Å²) in [4.78, 5) is 5.12. The minimum Gasteiger partial charge on any atom is -0.324 e. The lowest BCUT2D eigenvalue weighted by Gasteiger charge is -2.35. The fourth-order valence-electron chi connectivity index (χ4n) is 2.85. The van der Waals surface area contributed by atoms with Crippen molar-refractivity contribution in [2.75, 3.05) is 39.3 Å². The Labute approximate surface area is 123 Å². The third-order valence-electron chi connectivity index (χ3n) is 4.27. The summed E-state index contributed by atoms with van der Waals surface area (Å²) in [7, 11) is 0. The zero-order valence-corrected chi connectivity index (χ0v) is 13.0. The summed E-state index contributed by atoms with van der Waals surface area (Å²) < 4.78 is 0. The molecule has 3 heteroatoms. The van der Waals surface area contributed by atoms with Crippen molar-refractivity contribution in [1.29, 1.82) is 0 Å². The van der Waals surface area contributed by atoms with E-state index in [9.17, 15) is 0 Å². The largest absolute Gasteiger partial charge is 0.324 e. The van der Waals surface area contributed by atoms with Gasteiger partial charge in [-0.25, -0.2) is 0 Å². The Bertz CT molecular complexity index is 380. The topological polar surface area (TPSA) is 32.5 Å². The van der Waals surface area contributed by atoms with Crippen LogP contribution >= 0.6 is 0 Å². The highest BCUT2D eigenvalue weighted by Crippen LogP contribution is 2.15. The maximum absolute atomic E-state index is 6.30. The molecule has 0 spiro atoms. The highest BCUT2D eigenvalue weighted by atomic mass is 15.3. The first kappa shape index (κ1) is 15.5. The molecule has 2 N–H and O–H groups in total. The fourth-order valence-corrected chi connectivity index (χ4v) is 2.85. The van der Waals surface area contributed by atoms with Gasteiger partial charge in [-0.3, -0.25) is 0 Å². The second kappa shape index (κ2) is 7.77. The Kier molecular flexibility index (Phi) is 6.02. The summed E-state index contributed by atoms with van der Waals surface area (Å²) in [5.74, 6) is 0. The van der Waals surface area contributed by atoms with Gasteiger partial charge in [0, 0.05) is 38.8 Å². The molecule has 1 fully saturated rings. The average Bonchev–Trinajstić information content (AvgIpc) is 2.47. The molecule has 0 radical (unpaired) electrons. The van der Waals surface area contributed by atoms with E-state index in [-0.39, 0.29) is 6.04 Å². The normalized spacial score (nSPS) is 19.1. The molecule has 1 aliphatic heterocycles. The number of aryl methyl sites for hydroxylation is 1. The molecule has 3 nitrogen and oxygen atoms in total. The molecule has 0 aliphatic carbocycles. The summed E-state index contributed by atoms with van der Waals surface area (Å²) in [6.07, 6.45) is 2.31. The molecular weight excluding hydrogens is 246 g/mol. The highest BCUT2D eigenvalue weighted by Gasteiger charge is 2.16. The maximum atomic E-state index is 6.30. The first-order valence-corrected chi connectivity index (χ1v) is 7.96. The highest BCUT2D eigenvalue weighted by molar-refractivity contribution is 5.23. The van der Waals surface area contributed by atoms with Crippen LogP contribution in [0.3, 0.4) is 0 Å². The molecule has 2 rings (SSSR count). The molecule has 1 unspecified atom stereocenters. The first-order valence-electron chi connectivity index (χ1n) is 7.96. The molecule has 0 aromatic heterocycles. The van der Waals surface area contributed by atoms with Gasteiger partial charge in [0.1, 0.15) is 0 Å². The number of nitrogens with two attached hydrogens (primary N) is 1. The zero-order chi connectivity index (χ0) is 14.4. The first-order chi connectivity index (χ1) is 9.69. The number of nitrogens with zero attached hydrogens (tertiary/aromatic N) is 2. The molecule has 20 heavy (non-hydrogen) atoms. The van der Waals surface area contributed by atoms with Crippen LogP contribution in [0.25, 0.3) is 0 Å². The van der Waals surface area contributed by atoms with Gasteiger partial charge in [-0.1, -0.05) is 36.8 Å². The second-order valence-electron chi connectivity index (χ2n) is 5.99. The SMILES string of the molecule is CCCN1CCN(CCC(N)c2ccc(C)cc2)CC1. The van der Waals surface area contributed by atoms with E-state index in [2.05, 4.69) is 47.9 Å². The smallest absolute Gasteiger partial charge is 0.0307 e. The third kappa shape index (κ3) is 4.58. The van der Waals surface area contributed by atoms with Crippen molar-refractivity contribution in [2.24, 2.45) is 5.73 Å². The van der Waals surface area contributed by atoms with E-state index in [1.165, 1.54) is 50.3 Å². The van der Waals surface area contributed by atoms with Crippen molar-refractivity contribution in [1.82, 2.24) is 9.80 Å². The monoisotopic (exact) mass is 275 g/mol. The molecule has 1 aromatic carbocycles. The van der Waals surface area contributed by atoms with Crippen LogP contribution in [0.4, 0.5) is 0 Å². The average molecular weight is 275 g/mol. The Balaban J connectivity index is 1.71. The van der Waals surface area contributed by atoms with Gasteiger partial charge in [-0.2, -0.15) is 0 Å². The second-order valence-corrected chi connectivity index (χ2v) is 5.99. The molecule has 1 heterocycles. The summed E-state index contributed by atoms with van der Waals surface area (Å²) in [5.41, 5.74) is 8.86. The van der Waals surface area contributed by atoms with Crippen molar-refractivity contribution in [3.8, 4) is 0 Å². The Hall–Kier alpha value is -0.900. The van der Waals surface area contributed by atoms with E-state index in [1.807, 2.05) is 0 Å². The molecule has 1 aromatic rings. The molecule has 112 valence electrons. The van der Waals surface area contributed by atoms with Crippen LogP contribution in [0, 0.1) is 6.92 Å². The Morgan fingerprint density at radius 2 is 1.55 bits per heavy atom.